The highest BCUT2D eigenvalue weighted by Gasteiger charge is 2.20. The maximum absolute atomic E-state index is 13.9. The van der Waals surface area contributed by atoms with Crippen LogP contribution in [0.4, 0.5) is 4.39 Å². The molecule has 0 bridgehead atoms. The summed E-state index contributed by atoms with van der Waals surface area (Å²) in [6.45, 7) is 12.9. The van der Waals surface area contributed by atoms with Gasteiger partial charge in [-0.3, -0.25) is 4.79 Å². The second-order valence-electron chi connectivity index (χ2n) is 7.39. The van der Waals surface area contributed by atoms with Crippen molar-refractivity contribution in [3.8, 4) is 11.1 Å². The Kier molecular flexibility index (Phi) is 5.58. The molecule has 0 heterocycles. The van der Waals surface area contributed by atoms with Gasteiger partial charge in [-0.05, 0) is 63.8 Å². The zero-order chi connectivity index (χ0) is 18.0. The molecule has 0 unspecified atom stereocenters. The quantitative estimate of drug-likeness (QED) is 0.560. The summed E-state index contributed by atoms with van der Waals surface area (Å²) in [6.07, 6.45) is 0.819. The number of hydrogen-bond acceptors (Lipinski definition) is 1. The Balaban J connectivity index is 2.91. The molecule has 0 amide bonds. The Morgan fingerprint density at radius 1 is 0.833 bits per heavy atom. The van der Waals surface area contributed by atoms with E-state index in [-0.39, 0.29) is 5.82 Å². The van der Waals surface area contributed by atoms with E-state index >= 15 is 0 Å². The summed E-state index contributed by atoms with van der Waals surface area (Å²) in [6, 6.07) is 8.85. The summed E-state index contributed by atoms with van der Waals surface area (Å²) in [4.78, 5) is 11.5. The molecule has 0 aromatic heterocycles. The molecule has 2 aromatic rings. The topological polar surface area (TPSA) is 17.1 Å². The monoisotopic (exact) mass is 326 g/mol. The molecule has 24 heavy (non-hydrogen) atoms. The molecule has 0 saturated heterocycles. The molecule has 0 aliphatic heterocycles. The predicted molar refractivity (Wildman–Crippen MR) is 99.5 cm³/mol. The highest BCUT2D eigenvalue weighted by atomic mass is 19.1. The van der Waals surface area contributed by atoms with E-state index in [4.69, 9.17) is 0 Å². The molecule has 0 atom stereocenters. The van der Waals surface area contributed by atoms with Gasteiger partial charge in [0.05, 0.1) is 0 Å². The average Bonchev–Trinajstić information content (AvgIpc) is 2.53. The maximum atomic E-state index is 13.9. The lowest BCUT2D eigenvalue weighted by Gasteiger charge is -2.24. The molecule has 0 saturated carbocycles. The van der Waals surface area contributed by atoms with E-state index in [0.29, 0.717) is 28.9 Å². The van der Waals surface area contributed by atoms with Crippen molar-refractivity contribution in [3.05, 3.63) is 58.4 Å². The Morgan fingerprint density at radius 2 is 1.38 bits per heavy atom. The third-order valence-electron chi connectivity index (χ3n) is 4.54. The molecular weight excluding hydrogens is 299 g/mol. The van der Waals surface area contributed by atoms with Crippen LogP contribution >= 0.6 is 0 Å². The number of rotatable bonds is 5. The van der Waals surface area contributed by atoms with Crippen LogP contribution in [0.1, 0.15) is 86.3 Å². The normalized spacial score (nSPS) is 11.6. The highest BCUT2D eigenvalue weighted by Crippen LogP contribution is 2.40. The summed E-state index contributed by atoms with van der Waals surface area (Å²) >= 11 is 0. The van der Waals surface area contributed by atoms with Crippen molar-refractivity contribution < 1.29 is 9.18 Å². The minimum Gasteiger partial charge on any atom is -0.298 e. The Bertz CT molecular complexity index is 713. The fourth-order valence-corrected chi connectivity index (χ4v) is 3.11. The van der Waals surface area contributed by atoms with Gasteiger partial charge in [-0.2, -0.15) is 0 Å². The van der Waals surface area contributed by atoms with Gasteiger partial charge in [-0.1, -0.05) is 53.7 Å². The van der Waals surface area contributed by atoms with Gasteiger partial charge >= 0.3 is 0 Å². The molecule has 0 aliphatic rings. The SMILES string of the molecule is CC(C)c1cc(C(C)C)c(-c2cc(F)ccc2C=O)c(C(C)C)c1. The summed E-state index contributed by atoms with van der Waals surface area (Å²) < 4.78 is 13.9. The zero-order valence-electron chi connectivity index (χ0n) is 15.5. The van der Waals surface area contributed by atoms with Crippen LogP contribution in [-0.4, -0.2) is 6.29 Å². The fourth-order valence-electron chi connectivity index (χ4n) is 3.11. The molecule has 0 fully saturated rings. The van der Waals surface area contributed by atoms with Crippen LogP contribution in [0.2, 0.25) is 0 Å². The first-order valence-corrected chi connectivity index (χ1v) is 8.69. The maximum Gasteiger partial charge on any atom is 0.150 e. The van der Waals surface area contributed by atoms with E-state index in [1.54, 1.807) is 6.07 Å². The first-order valence-electron chi connectivity index (χ1n) is 8.69. The third kappa shape index (κ3) is 3.58. The molecule has 0 radical (unpaired) electrons. The van der Waals surface area contributed by atoms with E-state index in [9.17, 15) is 9.18 Å². The minimum absolute atomic E-state index is 0.291. The van der Waals surface area contributed by atoms with Gasteiger partial charge in [0.15, 0.2) is 6.29 Å². The second-order valence-corrected chi connectivity index (χ2v) is 7.39. The molecule has 1 nitrogen and oxygen atoms in total. The Morgan fingerprint density at radius 3 is 1.79 bits per heavy atom. The lowest BCUT2D eigenvalue weighted by Crippen LogP contribution is -2.05. The van der Waals surface area contributed by atoms with Gasteiger partial charge in [0, 0.05) is 5.56 Å². The summed E-state index contributed by atoms with van der Waals surface area (Å²) in [5.41, 5.74) is 5.91. The van der Waals surface area contributed by atoms with Crippen LogP contribution in [0.25, 0.3) is 11.1 Å². The molecule has 2 rings (SSSR count). The Labute approximate surface area is 144 Å². The van der Waals surface area contributed by atoms with E-state index in [2.05, 4.69) is 53.7 Å². The number of hydrogen-bond donors (Lipinski definition) is 0. The average molecular weight is 326 g/mol. The van der Waals surface area contributed by atoms with Gasteiger partial charge in [0.2, 0.25) is 0 Å². The van der Waals surface area contributed by atoms with Crippen LogP contribution in [0, 0.1) is 5.82 Å². The van der Waals surface area contributed by atoms with Crippen molar-refractivity contribution in [2.75, 3.05) is 0 Å². The largest absolute Gasteiger partial charge is 0.298 e. The minimum atomic E-state index is -0.312. The molecule has 2 heteroatoms. The molecule has 2 aromatic carbocycles. The lowest BCUT2D eigenvalue weighted by atomic mass is 9.81. The van der Waals surface area contributed by atoms with Gasteiger partial charge in [-0.25, -0.2) is 4.39 Å². The van der Waals surface area contributed by atoms with E-state index in [0.717, 1.165) is 11.8 Å². The van der Waals surface area contributed by atoms with Crippen molar-refractivity contribution in [1.82, 2.24) is 0 Å². The van der Waals surface area contributed by atoms with Crippen LogP contribution in [0.3, 0.4) is 0 Å². The fraction of sp³-hybridized carbons (Fsp3) is 0.409. The van der Waals surface area contributed by atoms with Crippen molar-refractivity contribution in [2.45, 2.75) is 59.3 Å². The third-order valence-corrected chi connectivity index (χ3v) is 4.54. The summed E-state index contributed by atoms with van der Waals surface area (Å²) in [5.74, 6) is 0.693. The van der Waals surface area contributed by atoms with E-state index in [1.165, 1.54) is 28.8 Å². The van der Waals surface area contributed by atoms with Crippen molar-refractivity contribution in [2.24, 2.45) is 0 Å². The van der Waals surface area contributed by atoms with Crippen molar-refractivity contribution in [3.63, 3.8) is 0 Å². The van der Waals surface area contributed by atoms with Crippen LogP contribution < -0.4 is 0 Å². The van der Waals surface area contributed by atoms with Gasteiger partial charge < -0.3 is 0 Å². The Hall–Kier alpha value is -1.96. The van der Waals surface area contributed by atoms with Crippen LogP contribution in [0.5, 0.6) is 0 Å². The molecule has 0 N–H and O–H groups in total. The van der Waals surface area contributed by atoms with Crippen LogP contribution in [-0.2, 0) is 0 Å². The van der Waals surface area contributed by atoms with E-state index in [1.807, 2.05) is 0 Å². The summed E-state index contributed by atoms with van der Waals surface area (Å²) in [7, 11) is 0. The number of halogens is 1. The zero-order valence-corrected chi connectivity index (χ0v) is 15.5. The molecule has 0 aliphatic carbocycles. The van der Waals surface area contributed by atoms with E-state index < -0.39 is 0 Å². The summed E-state index contributed by atoms with van der Waals surface area (Å²) in [5, 5.41) is 0. The van der Waals surface area contributed by atoms with Gasteiger partial charge in [-0.15, -0.1) is 0 Å². The predicted octanol–water partition coefficient (Wildman–Crippen LogP) is 6.68. The lowest BCUT2D eigenvalue weighted by molar-refractivity contribution is 0.112. The number of benzene rings is 2. The van der Waals surface area contributed by atoms with Gasteiger partial charge in [0.1, 0.15) is 5.82 Å². The first kappa shape index (κ1) is 18.4. The second kappa shape index (κ2) is 7.29. The van der Waals surface area contributed by atoms with Crippen molar-refractivity contribution in [1.29, 1.82) is 0 Å². The van der Waals surface area contributed by atoms with Gasteiger partial charge in [0.25, 0.3) is 0 Å². The van der Waals surface area contributed by atoms with Crippen LogP contribution in [0.15, 0.2) is 30.3 Å². The number of carbonyl (C=O) groups excluding carboxylic acids is 1. The highest BCUT2D eigenvalue weighted by molar-refractivity contribution is 5.90. The first-order chi connectivity index (χ1) is 11.3. The van der Waals surface area contributed by atoms with Crippen molar-refractivity contribution >= 4 is 6.29 Å². The number of carbonyl (C=O) groups is 1. The number of aldehydes is 1. The molecular formula is C22H27FO. The standard InChI is InChI=1S/C22H27FO/c1-13(2)17-9-19(14(3)4)22(20(10-17)15(5)6)21-11-18(23)8-7-16(21)12-24/h7-15H,1-6H3. The molecule has 0 spiro atoms. The smallest absolute Gasteiger partial charge is 0.150 e. The molecule has 128 valence electrons.